The summed E-state index contributed by atoms with van der Waals surface area (Å²) in [4.78, 5) is 8.94. The Morgan fingerprint density at radius 3 is 2.86 bits per heavy atom. The molecule has 5 nitrogen and oxygen atoms in total. The molecule has 0 atom stereocenters. The van der Waals surface area contributed by atoms with Crippen molar-refractivity contribution in [3.05, 3.63) is 54.7 Å². The van der Waals surface area contributed by atoms with E-state index in [2.05, 4.69) is 14.4 Å². The number of benzene rings is 2. The molecule has 1 aliphatic rings. The summed E-state index contributed by atoms with van der Waals surface area (Å²) in [5, 5.41) is 0. The van der Waals surface area contributed by atoms with Crippen molar-refractivity contribution in [2.75, 3.05) is 6.79 Å². The van der Waals surface area contributed by atoms with Crippen LogP contribution in [-0.4, -0.2) is 21.2 Å². The topological polar surface area (TPSA) is 48.7 Å². The number of hydrogen-bond acceptors (Lipinski definition) is 4. The van der Waals surface area contributed by atoms with Gasteiger partial charge in [-0.15, -0.1) is 0 Å². The van der Waals surface area contributed by atoms with Gasteiger partial charge in [0, 0.05) is 11.8 Å². The second kappa shape index (κ2) is 4.21. The second-order valence-electron chi connectivity index (χ2n) is 5.13. The number of imidazole rings is 1. The first-order chi connectivity index (χ1) is 10.9. The van der Waals surface area contributed by atoms with Crippen molar-refractivity contribution < 1.29 is 9.47 Å². The first kappa shape index (κ1) is 11.6. The van der Waals surface area contributed by atoms with Gasteiger partial charge in [-0.25, -0.2) is 9.97 Å². The minimum Gasteiger partial charge on any atom is -0.454 e. The highest BCUT2D eigenvalue weighted by atomic mass is 16.7. The number of rotatable bonds is 1. The van der Waals surface area contributed by atoms with Crippen LogP contribution in [-0.2, 0) is 0 Å². The van der Waals surface area contributed by atoms with Gasteiger partial charge >= 0.3 is 0 Å². The summed E-state index contributed by atoms with van der Waals surface area (Å²) < 4.78 is 12.9. The number of fused-ring (bicyclic) bond motifs is 4. The van der Waals surface area contributed by atoms with Crippen molar-refractivity contribution in [3.63, 3.8) is 0 Å². The Morgan fingerprint density at radius 1 is 0.955 bits per heavy atom. The average Bonchev–Trinajstić information content (AvgIpc) is 3.17. The summed E-state index contributed by atoms with van der Waals surface area (Å²) in [5.41, 5.74) is 4.04. The van der Waals surface area contributed by atoms with Crippen LogP contribution in [0.4, 0.5) is 0 Å². The molecule has 5 heteroatoms. The van der Waals surface area contributed by atoms with E-state index in [4.69, 9.17) is 9.47 Å². The molecule has 22 heavy (non-hydrogen) atoms. The molecule has 0 aliphatic carbocycles. The fourth-order valence-corrected chi connectivity index (χ4v) is 2.87. The van der Waals surface area contributed by atoms with Crippen LogP contribution in [0.5, 0.6) is 11.5 Å². The Morgan fingerprint density at radius 2 is 1.86 bits per heavy atom. The molecule has 0 spiro atoms. The molecule has 4 aromatic rings. The number of nitrogens with zero attached hydrogens (tertiary/aromatic N) is 3. The highest BCUT2D eigenvalue weighted by molar-refractivity contribution is 5.82. The molecule has 0 fully saturated rings. The van der Waals surface area contributed by atoms with E-state index in [0.29, 0.717) is 5.78 Å². The lowest BCUT2D eigenvalue weighted by atomic mass is 10.1. The highest BCUT2D eigenvalue weighted by Gasteiger charge is 2.16. The maximum Gasteiger partial charge on any atom is 0.235 e. The van der Waals surface area contributed by atoms with Crippen molar-refractivity contribution in [2.24, 2.45) is 0 Å². The van der Waals surface area contributed by atoms with Gasteiger partial charge in [-0.05, 0) is 36.4 Å². The van der Waals surface area contributed by atoms with Crippen LogP contribution in [0.1, 0.15) is 0 Å². The second-order valence-corrected chi connectivity index (χ2v) is 5.13. The monoisotopic (exact) mass is 289 g/mol. The van der Waals surface area contributed by atoms with E-state index in [1.54, 1.807) is 6.20 Å². The van der Waals surface area contributed by atoms with Gasteiger partial charge in [0.2, 0.25) is 12.6 Å². The van der Waals surface area contributed by atoms with E-state index in [1.165, 1.54) is 0 Å². The lowest BCUT2D eigenvalue weighted by Gasteiger charge is -2.07. The van der Waals surface area contributed by atoms with E-state index in [9.17, 15) is 0 Å². The predicted octanol–water partition coefficient (Wildman–Crippen LogP) is 3.28. The van der Waals surface area contributed by atoms with Crippen LogP contribution in [0.25, 0.3) is 28.1 Å². The van der Waals surface area contributed by atoms with Crippen LogP contribution in [0, 0.1) is 0 Å². The lowest BCUT2D eigenvalue weighted by Crippen LogP contribution is -1.94. The molecule has 3 heterocycles. The van der Waals surface area contributed by atoms with Gasteiger partial charge in [0.05, 0.1) is 16.7 Å². The van der Waals surface area contributed by atoms with Crippen molar-refractivity contribution in [1.29, 1.82) is 0 Å². The van der Waals surface area contributed by atoms with Crippen molar-refractivity contribution in [3.8, 4) is 22.8 Å². The van der Waals surface area contributed by atoms with Gasteiger partial charge in [-0.1, -0.05) is 12.1 Å². The number of hydrogen-bond donors (Lipinski definition) is 0. The van der Waals surface area contributed by atoms with E-state index in [0.717, 1.165) is 33.8 Å². The van der Waals surface area contributed by atoms with Crippen LogP contribution in [0.2, 0.25) is 0 Å². The Kier molecular flexibility index (Phi) is 2.21. The van der Waals surface area contributed by atoms with E-state index in [-0.39, 0.29) is 6.79 Å². The van der Waals surface area contributed by atoms with Crippen molar-refractivity contribution in [2.45, 2.75) is 0 Å². The van der Waals surface area contributed by atoms with Crippen molar-refractivity contribution in [1.82, 2.24) is 14.4 Å². The van der Waals surface area contributed by atoms with Crippen LogP contribution in [0.15, 0.2) is 54.7 Å². The average molecular weight is 289 g/mol. The smallest absolute Gasteiger partial charge is 0.235 e. The van der Waals surface area contributed by atoms with Gasteiger partial charge in [-0.2, -0.15) is 0 Å². The molecule has 0 saturated carbocycles. The third kappa shape index (κ3) is 1.53. The summed E-state index contributed by atoms with van der Waals surface area (Å²) in [6.07, 6.45) is 1.78. The zero-order chi connectivity index (χ0) is 14.5. The summed E-state index contributed by atoms with van der Waals surface area (Å²) in [5.74, 6) is 2.24. The molecule has 0 unspecified atom stereocenters. The summed E-state index contributed by atoms with van der Waals surface area (Å²) in [6.45, 7) is 0.276. The minimum absolute atomic E-state index is 0.276. The largest absolute Gasteiger partial charge is 0.454 e. The van der Waals surface area contributed by atoms with E-state index < -0.39 is 0 Å². The third-order valence-corrected chi connectivity index (χ3v) is 3.87. The van der Waals surface area contributed by atoms with Crippen LogP contribution >= 0.6 is 0 Å². The molecule has 0 amide bonds. The molecule has 0 radical (unpaired) electrons. The summed E-state index contributed by atoms with van der Waals surface area (Å²) in [6, 6.07) is 16.0. The molecule has 1 aliphatic heterocycles. The van der Waals surface area contributed by atoms with Gasteiger partial charge in [0.15, 0.2) is 11.5 Å². The molecule has 106 valence electrons. The van der Waals surface area contributed by atoms with Gasteiger partial charge in [0.25, 0.3) is 0 Å². The first-order valence-electron chi connectivity index (χ1n) is 7.02. The molecule has 0 saturated heterocycles. The number of ether oxygens (including phenoxy) is 2. The first-order valence-corrected chi connectivity index (χ1v) is 7.02. The molecule has 2 aromatic carbocycles. The van der Waals surface area contributed by atoms with Gasteiger partial charge in [0.1, 0.15) is 0 Å². The van der Waals surface area contributed by atoms with Crippen LogP contribution in [0.3, 0.4) is 0 Å². The van der Waals surface area contributed by atoms with Gasteiger partial charge in [-0.3, -0.25) is 4.40 Å². The fraction of sp³-hybridized carbons (Fsp3) is 0.0588. The van der Waals surface area contributed by atoms with Crippen LogP contribution < -0.4 is 9.47 Å². The number of para-hydroxylation sites is 2. The number of aromatic nitrogens is 3. The Balaban J connectivity index is 1.84. The third-order valence-electron chi connectivity index (χ3n) is 3.87. The Bertz CT molecular complexity index is 1020. The van der Waals surface area contributed by atoms with Gasteiger partial charge < -0.3 is 9.47 Å². The summed E-state index contributed by atoms with van der Waals surface area (Å²) in [7, 11) is 0. The maximum atomic E-state index is 5.48. The quantitative estimate of drug-likeness (QED) is 0.539. The predicted molar refractivity (Wildman–Crippen MR) is 82.1 cm³/mol. The maximum absolute atomic E-state index is 5.48. The Hall–Kier alpha value is -3.08. The normalized spacial score (nSPS) is 13.1. The molecular formula is C17H11N3O2. The summed E-state index contributed by atoms with van der Waals surface area (Å²) >= 11 is 0. The molecule has 2 aromatic heterocycles. The lowest BCUT2D eigenvalue weighted by molar-refractivity contribution is 0.174. The molecule has 0 bridgehead atoms. The van der Waals surface area contributed by atoms with E-state index in [1.807, 2.05) is 48.5 Å². The molecule has 0 N–H and O–H groups in total. The van der Waals surface area contributed by atoms with E-state index >= 15 is 0 Å². The molecular weight excluding hydrogens is 278 g/mol. The standard InChI is InChI=1S/C17H11N3O2/c1-2-4-14-12(3-1)19-17-18-8-7-13(20(14)17)11-5-6-15-16(9-11)22-10-21-15/h1-9H,10H2. The highest BCUT2D eigenvalue weighted by Crippen LogP contribution is 2.36. The SMILES string of the molecule is c1ccc2c(c1)nc1nccc(-c3ccc4c(c3)OCO4)n12. The molecule has 5 rings (SSSR count). The fourth-order valence-electron chi connectivity index (χ4n) is 2.87. The zero-order valence-electron chi connectivity index (χ0n) is 11.6. The zero-order valence-corrected chi connectivity index (χ0v) is 11.6. The van der Waals surface area contributed by atoms with Crippen molar-refractivity contribution >= 4 is 16.8 Å². The Labute approximate surface area is 125 Å². The minimum atomic E-state index is 0.276.